The second kappa shape index (κ2) is 14.7. The summed E-state index contributed by atoms with van der Waals surface area (Å²) in [4.78, 5) is 26.3. The first-order chi connectivity index (χ1) is 13.3. The van der Waals surface area contributed by atoms with Gasteiger partial charge >= 0.3 is 15.6 Å². The lowest BCUT2D eigenvalue weighted by atomic mass is 9.92. The van der Waals surface area contributed by atoms with Crippen molar-refractivity contribution in [1.82, 2.24) is 0 Å². The van der Waals surface area contributed by atoms with Crippen molar-refractivity contribution in [3.63, 3.8) is 0 Å². The van der Waals surface area contributed by atoms with E-state index in [-0.39, 0.29) is 6.61 Å². The maximum atomic E-state index is 11.3. The van der Waals surface area contributed by atoms with Gasteiger partial charge in [0.15, 0.2) is 0 Å². The highest BCUT2D eigenvalue weighted by Crippen LogP contribution is 2.57. The standard InChI is InChI=1S/C20H40O7P2/c1-17(2)9-6-10-18(3)11-7-12-19(4)13-8-14-20(5)15-16-26-29(24,25)27-28(21,22)23/h9,15,18-19H,6-8,10-14,16H2,1-5H3,(H,24,25)(H2,21,22,23)/b20-15+/t18-,19-/m1/s1. The summed E-state index contributed by atoms with van der Waals surface area (Å²) in [6, 6.07) is 0. The first kappa shape index (κ1) is 28.7. The van der Waals surface area contributed by atoms with Crippen molar-refractivity contribution in [2.24, 2.45) is 11.8 Å². The van der Waals surface area contributed by atoms with Gasteiger partial charge in [0.2, 0.25) is 0 Å². The minimum Gasteiger partial charge on any atom is -0.302 e. The molecule has 0 saturated carbocycles. The van der Waals surface area contributed by atoms with E-state index in [1.807, 2.05) is 6.92 Å². The lowest BCUT2D eigenvalue weighted by Crippen LogP contribution is -1.99. The molecule has 0 radical (unpaired) electrons. The Kier molecular flexibility index (Phi) is 14.6. The van der Waals surface area contributed by atoms with Gasteiger partial charge in [-0.2, -0.15) is 4.31 Å². The Morgan fingerprint density at radius 3 is 2.00 bits per heavy atom. The van der Waals surface area contributed by atoms with Crippen LogP contribution >= 0.6 is 15.6 Å². The molecule has 172 valence electrons. The second-order valence-electron chi connectivity index (χ2n) is 8.28. The predicted octanol–water partition coefficient (Wildman–Crippen LogP) is 6.52. The molecule has 0 spiro atoms. The molecule has 0 rings (SSSR count). The van der Waals surface area contributed by atoms with Gasteiger partial charge in [0.05, 0.1) is 6.61 Å². The zero-order valence-corrected chi connectivity index (χ0v) is 20.3. The highest BCUT2D eigenvalue weighted by molar-refractivity contribution is 7.60. The molecule has 0 aliphatic rings. The van der Waals surface area contributed by atoms with Gasteiger partial charge in [0, 0.05) is 0 Å². The van der Waals surface area contributed by atoms with Gasteiger partial charge in [-0.05, 0) is 58.3 Å². The summed E-state index contributed by atoms with van der Waals surface area (Å²) in [6.07, 6.45) is 13.1. The normalized spacial score (nSPS) is 16.9. The lowest BCUT2D eigenvalue weighted by Gasteiger charge is -2.14. The minimum atomic E-state index is -5.07. The summed E-state index contributed by atoms with van der Waals surface area (Å²) in [5.41, 5.74) is 2.39. The van der Waals surface area contributed by atoms with Crippen molar-refractivity contribution < 1.29 is 32.6 Å². The van der Waals surface area contributed by atoms with Crippen LogP contribution in [0.1, 0.15) is 86.0 Å². The van der Waals surface area contributed by atoms with E-state index in [9.17, 15) is 14.0 Å². The van der Waals surface area contributed by atoms with Crippen LogP contribution in [0.2, 0.25) is 0 Å². The van der Waals surface area contributed by atoms with E-state index in [0.29, 0.717) is 5.92 Å². The molecule has 3 N–H and O–H groups in total. The Morgan fingerprint density at radius 1 is 0.897 bits per heavy atom. The molecule has 0 aliphatic heterocycles. The van der Waals surface area contributed by atoms with Crippen LogP contribution in [0, 0.1) is 11.8 Å². The Morgan fingerprint density at radius 2 is 1.45 bits per heavy atom. The number of hydrogen-bond acceptors (Lipinski definition) is 4. The van der Waals surface area contributed by atoms with Crippen LogP contribution in [-0.2, 0) is 18.0 Å². The number of phosphoric ester groups is 1. The van der Waals surface area contributed by atoms with E-state index in [2.05, 4.69) is 42.6 Å². The maximum Gasteiger partial charge on any atom is 0.481 e. The van der Waals surface area contributed by atoms with Gasteiger partial charge in [-0.1, -0.05) is 62.8 Å². The van der Waals surface area contributed by atoms with Gasteiger partial charge in [0.1, 0.15) is 0 Å². The SMILES string of the molecule is CC(C)=CCC[C@@H](C)CCC[C@@H](C)CCC/C(C)=C/COP(=O)(O)OP(=O)(O)O. The van der Waals surface area contributed by atoms with E-state index in [0.717, 1.165) is 30.8 Å². The molecule has 0 aromatic carbocycles. The maximum absolute atomic E-state index is 11.3. The van der Waals surface area contributed by atoms with Crippen molar-refractivity contribution in [1.29, 1.82) is 0 Å². The second-order valence-corrected chi connectivity index (χ2v) is 11.1. The number of hydrogen-bond donors (Lipinski definition) is 3. The monoisotopic (exact) mass is 454 g/mol. The Bertz CT molecular complexity index is 606. The fraction of sp³-hybridized carbons (Fsp3) is 0.800. The zero-order valence-electron chi connectivity index (χ0n) is 18.5. The first-order valence-corrected chi connectivity index (χ1v) is 13.4. The highest BCUT2D eigenvalue weighted by atomic mass is 31.3. The molecule has 29 heavy (non-hydrogen) atoms. The average Bonchev–Trinajstić information content (AvgIpc) is 2.51. The first-order valence-electron chi connectivity index (χ1n) is 10.3. The molecule has 1 unspecified atom stereocenters. The minimum absolute atomic E-state index is 0.236. The van der Waals surface area contributed by atoms with Crippen molar-refractivity contribution in [2.45, 2.75) is 86.0 Å². The quantitative estimate of drug-likeness (QED) is 0.180. The summed E-state index contributed by atoms with van der Waals surface area (Å²) >= 11 is 0. The van der Waals surface area contributed by atoms with Crippen molar-refractivity contribution in [2.75, 3.05) is 6.61 Å². The molecule has 0 amide bonds. The molecule has 0 bridgehead atoms. The lowest BCUT2D eigenvalue weighted by molar-refractivity contribution is 0.191. The highest BCUT2D eigenvalue weighted by Gasteiger charge is 2.31. The van der Waals surface area contributed by atoms with Gasteiger partial charge < -0.3 is 14.7 Å². The Labute approximate surface area is 176 Å². The van der Waals surface area contributed by atoms with E-state index in [4.69, 9.17) is 9.79 Å². The molecule has 0 fully saturated rings. The van der Waals surface area contributed by atoms with Crippen LogP contribution in [0.5, 0.6) is 0 Å². The van der Waals surface area contributed by atoms with Crippen LogP contribution in [0.4, 0.5) is 0 Å². The third kappa shape index (κ3) is 19.4. The summed E-state index contributed by atoms with van der Waals surface area (Å²) in [6.45, 7) is 10.5. The molecule has 0 saturated heterocycles. The van der Waals surface area contributed by atoms with Crippen LogP contribution in [0.15, 0.2) is 23.3 Å². The Hall–Kier alpha value is -0.260. The predicted molar refractivity (Wildman–Crippen MR) is 117 cm³/mol. The molecular formula is C20H40O7P2. The molecule has 9 heteroatoms. The van der Waals surface area contributed by atoms with E-state index < -0.39 is 15.6 Å². The van der Waals surface area contributed by atoms with Crippen LogP contribution in [0.25, 0.3) is 0 Å². The van der Waals surface area contributed by atoms with Crippen LogP contribution in [-0.4, -0.2) is 21.3 Å². The molecular weight excluding hydrogens is 414 g/mol. The molecule has 7 nitrogen and oxygen atoms in total. The number of allylic oxidation sites excluding steroid dienone is 3. The van der Waals surface area contributed by atoms with Gasteiger partial charge in [0.25, 0.3) is 0 Å². The van der Waals surface area contributed by atoms with E-state index in [1.165, 1.54) is 37.7 Å². The molecule has 0 aromatic heterocycles. The fourth-order valence-corrected chi connectivity index (χ4v) is 4.55. The van der Waals surface area contributed by atoms with E-state index in [1.54, 1.807) is 6.08 Å². The summed E-state index contributed by atoms with van der Waals surface area (Å²) in [7, 11) is -9.82. The summed E-state index contributed by atoms with van der Waals surface area (Å²) in [5.74, 6) is 1.43. The van der Waals surface area contributed by atoms with Crippen LogP contribution < -0.4 is 0 Å². The van der Waals surface area contributed by atoms with Crippen molar-refractivity contribution in [3.05, 3.63) is 23.3 Å². The smallest absolute Gasteiger partial charge is 0.302 e. The van der Waals surface area contributed by atoms with Crippen molar-refractivity contribution in [3.8, 4) is 0 Å². The van der Waals surface area contributed by atoms with Crippen LogP contribution in [0.3, 0.4) is 0 Å². The topological polar surface area (TPSA) is 113 Å². The van der Waals surface area contributed by atoms with Crippen molar-refractivity contribution >= 4 is 15.6 Å². The molecule has 3 atom stereocenters. The summed E-state index contributed by atoms with van der Waals surface area (Å²) in [5, 5.41) is 0. The molecule has 0 aromatic rings. The number of phosphoric acid groups is 2. The largest absolute Gasteiger partial charge is 0.481 e. The zero-order chi connectivity index (χ0) is 22.5. The number of rotatable bonds is 16. The molecule has 0 aliphatic carbocycles. The third-order valence-electron chi connectivity index (χ3n) is 4.75. The average molecular weight is 454 g/mol. The Balaban J connectivity index is 3.93. The van der Waals surface area contributed by atoms with Gasteiger partial charge in [-0.15, -0.1) is 0 Å². The third-order valence-corrected chi connectivity index (χ3v) is 6.90. The fourth-order valence-electron chi connectivity index (χ4n) is 3.02. The summed E-state index contributed by atoms with van der Waals surface area (Å²) < 4.78 is 30.2. The van der Waals surface area contributed by atoms with Gasteiger partial charge in [-0.25, -0.2) is 9.13 Å². The van der Waals surface area contributed by atoms with Gasteiger partial charge in [-0.3, -0.25) is 4.52 Å². The van der Waals surface area contributed by atoms with E-state index >= 15 is 0 Å². The molecule has 0 heterocycles.